The number of para-hydroxylation sites is 1. The van der Waals surface area contributed by atoms with Gasteiger partial charge in [0, 0.05) is 18.7 Å². The molecule has 2 amide bonds. The minimum Gasteiger partial charge on any atom is -0.454 e. The molecule has 2 aromatic carbocycles. The first kappa shape index (κ1) is 16.0. The fraction of sp³-hybridized carbons (Fsp3) is 0.222. The maximum absolute atomic E-state index is 12.3. The molecule has 1 aliphatic rings. The summed E-state index contributed by atoms with van der Waals surface area (Å²) in [6.07, 6.45) is 0. The van der Waals surface area contributed by atoms with Gasteiger partial charge in [0.15, 0.2) is 5.75 Å². The topological polar surface area (TPSA) is 70.7 Å². The highest BCUT2D eigenvalue weighted by Gasteiger charge is 2.21. The van der Waals surface area contributed by atoms with E-state index in [2.05, 4.69) is 10.6 Å². The molecule has 3 rings (SSSR count). The van der Waals surface area contributed by atoms with Gasteiger partial charge in [0.05, 0.1) is 11.3 Å². The largest absolute Gasteiger partial charge is 0.454 e. The van der Waals surface area contributed by atoms with Gasteiger partial charge in [0.25, 0.3) is 11.8 Å². The van der Waals surface area contributed by atoms with Crippen molar-refractivity contribution in [3.8, 4) is 11.5 Å². The first-order chi connectivity index (χ1) is 11.5. The van der Waals surface area contributed by atoms with E-state index in [0.717, 1.165) is 6.54 Å². The quantitative estimate of drug-likeness (QED) is 0.905. The molecule has 0 saturated carbocycles. The van der Waals surface area contributed by atoms with E-state index in [1.165, 1.54) is 0 Å². The number of carbonyl (C=O) groups is 2. The number of carbonyl (C=O) groups excluding carboxylic acids is 2. The number of rotatable bonds is 4. The molecule has 6 nitrogen and oxygen atoms in total. The Bertz CT molecular complexity index is 787. The van der Waals surface area contributed by atoms with Gasteiger partial charge in [0.2, 0.25) is 0 Å². The van der Waals surface area contributed by atoms with Crippen molar-refractivity contribution in [1.82, 2.24) is 10.2 Å². The van der Waals surface area contributed by atoms with Gasteiger partial charge in [-0.1, -0.05) is 12.1 Å². The van der Waals surface area contributed by atoms with Crippen LogP contribution < -0.4 is 15.4 Å². The molecule has 0 spiro atoms. The van der Waals surface area contributed by atoms with Crippen LogP contribution in [0, 0.1) is 0 Å². The Morgan fingerprint density at radius 2 is 1.96 bits per heavy atom. The lowest BCUT2D eigenvalue weighted by Gasteiger charge is -2.12. The summed E-state index contributed by atoms with van der Waals surface area (Å²) in [5.41, 5.74) is 1.42. The molecular formula is C18H19N3O3. The van der Waals surface area contributed by atoms with Crippen LogP contribution in [0.25, 0.3) is 0 Å². The summed E-state index contributed by atoms with van der Waals surface area (Å²) in [7, 11) is 3.89. The van der Waals surface area contributed by atoms with Crippen LogP contribution in [0.3, 0.4) is 0 Å². The highest BCUT2D eigenvalue weighted by Crippen LogP contribution is 2.35. The number of anilines is 1. The maximum Gasteiger partial charge on any atom is 0.259 e. The minimum atomic E-state index is -0.255. The molecule has 124 valence electrons. The molecule has 0 unspecified atom stereocenters. The van der Waals surface area contributed by atoms with Crippen LogP contribution in [0.4, 0.5) is 5.69 Å². The van der Waals surface area contributed by atoms with Gasteiger partial charge in [0.1, 0.15) is 5.75 Å². The van der Waals surface area contributed by atoms with E-state index in [4.69, 9.17) is 4.74 Å². The fourth-order valence-corrected chi connectivity index (χ4v) is 2.40. The first-order valence-electron chi connectivity index (χ1n) is 7.70. The van der Waals surface area contributed by atoms with E-state index < -0.39 is 0 Å². The van der Waals surface area contributed by atoms with Crippen LogP contribution in [0.2, 0.25) is 0 Å². The summed E-state index contributed by atoms with van der Waals surface area (Å²) >= 11 is 0. The smallest absolute Gasteiger partial charge is 0.259 e. The molecule has 0 aliphatic carbocycles. The monoisotopic (exact) mass is 325 g/mol. The molecule has 1 aliphatic heterocycles. The van der Waals surface area contributed by atoms with Crippen LogP contribution in [-0.4, -0.2) is 43.9 Å². The Hall–Kier alpha value is -2.86. The summed E-state index contributed by atoms with van der Waals surface area (Å²) in [5, 5.41) is 5.64. The zero-order valence-electron chi connectivity index (χ0n) is 13.6. The second-order valence-electron chi connectivity index (χ2n) is 5.82. The first-order valence-corrected chi connectivity index (χ1v) is 7.70. The number of fused-ring (bicyclic) bond motifs is 2. The molecule has 1 heterocycles. The molecule has 0 aromatic heterocycles. The molecule has 0 saturated heterocycles. The van der Waals surface area contributed by atoms with Crippen LogP contribution in [-0.2, 0) is 0 Å². The summed E-state index contributed by atoms with van der Waals surface area (Å²) < 4.78 is 5.80. The average molecular weight is 325 g/mol. The molecule has 0 atom stereocenters. The van der Waals surface area contributed by atoms with Gasteiger partial charge < -0.3 is 20.3 Å². The van der Waals surface area contributed by atoms with Gasteiger partial charge in [-0.2, -0.15) is 0 Å². The van der Waals surface area contributed by atoms with Crippen molar-refractivity contribution in [2.75, 3.05) is 32.5 Å². The third kappa shape index (κ3) is 3.38. The lowest BCUT2D eigenvalue weighted by Crippen LogP contribution is -2.31. The molecule has 2 N–H and O–H groups in total. The Morgan fingerprint density at radius 3 is 2.75 bits per heavy atom. The number of benzene rings is 2. The molecule has 2 aromatic rings. The predicted molar refractivity (Wildman–Crippen MR) is 91.8 cm³/mol. The Labute approximate surface area is 140 Å². The van der Waals surface area contributed by atoms with Gasteiger partial charge in [-0.25, -0.2) is 0 Å². The van der Waals surface area contributed by atoms with E-state index in [-0.39, 0.29) is 11.8 Å². The average Bonchev–Trinajstić information content (AvgIpc) is 2.69. The van der Waals surface area contributed by atoms with Gasteiger partial charge in [-0.05, 0) is 44.4 Å². The number of hydrogen-bond donors (Lipinski definition) is 2. The summed E-state index contributed by atoms with van der Waals surface area (Å²) in [6.45, 7) is 1.31. The van der Waals surface area contributed by atoms with Crippen molar-refractivity contribution in [2.24, 2.45) is 0 Å². The van der Waals surface area contributed by atoms with E-state index >= 15 is 0 Å². The standard InChI is InChI=1S/C18H19N3O3/c1-21(2)10-9-19-17(22)12-7-8-16-14(11-12)20-18(23)13-5-3-4-6-15(13)24-16/h3-8,11H,9-10H2,1-2H3,(H,19,22)(H,20,23). The second kappa shape index (κ2) is 6.72. The summed E-state index contributed by atoms with van der Waals surface area (Å²) in [4.78, 5) is 26.5. The normalized spacial score (nSPS) is 12.5. The highest BCUT2D eigenvalue weighted by molar-refractivity contribution is 6.08. The van der Waals surface area contributed by atoms with Crippen LogP contribution in [0.1, 0.15) is 20.7 Å². The van der Waals surface area contributed by atoms with Crippen molar-refractivity contribution in [2.45, 2.75) is 0 Å². The molecule has 6 heteroatoms. The highest BCUT2D eigenvalue weighted by atomic mass is 16.5. The third-order valence-electron chi connectivity index (χ3n) is 3.69. The number of amides is 2. The Balaban J connectivity index is 1.81. The van der Waals surface area contributed by atoms with Gasteiger partial charge >= 0.3 is 0 Å². The molecule has 24 heavy (non-hydrogen) atoms. The number of hydrogen-bond acceptors (Lipinski definition) is 4. The SMILES string of the molecule is CN(C)CCNC(=O)c1ccc2c(c1)NC(=O)c1ccccc1O2. The van der Waals surface area contributed by atoms with E-state index in [1.807, 2.05) is 25.1 Å². The van der Waals surface area contributed by atoms with Crippen molar-refractivity contribution in [3.63, 3.8) is 0 Å². The van der Waals surface area contributed by atoms with E-state index in [0.29, 0.717) is 34.9 Å². The van der Waals surface area contributed by atoms with Crippen molar-refractivity contribution < 1.29 is 14.3 Å². The van der Waals surface area contributed by atoms with Crippen LogP contribution >= 0.6 is 0 Å². The molecule has 0 fully saturated rings. The number of nitrogens with zero attached hydrogens (tertiary/aromatic N) is 1. The van der Waals surface area contributed by atoms with Crippen molar-refractivity contribution in [3.05, 3.63) is 53.6 Å². The summed E-state index contributed by atoms with van der Waals surface area (Å²) in [5.74, 6) is 0.570. The van der Waals surface area contributed by atoms with E-state index in [9.17, 15) is 9.59 Å². The maximum atomic E-state index is 12.3. The second-order valence-corrected chi connectivity index (χ2v) is 5.82. The van der Waals surface area contributed by atoms with Gasteiger partial charge in [-0.3, -0.25) is 9.59 Å². The zero-order valence-corrected chi connectivity index (χ0v) is 13.6. The van der Waals surface area contributed by atoms with Crippen LogP contribution in [0.15, 0.2) is 42.5 Å². The third-order valence-corrected chi connectivity index (χ3v) is 3.69. The summed E-state index contributed by atoms with van der Waals surface area (Å²) in [6, 6.07) is 12.0. The Kier molecular flexibility index (Phi) is 4.48. The molecule has 0 radical (unpaired) electrons. The van der Waals surface area contributed by atoms with Crippen molar-refractivity contribution >= 4 is 17.5 Å². The Morgan fingerprint density at radius 1 is 1.17 bits per heavy atom. The van der Waals surface area contributed by atoms with Crippen LogP contribution in [0.5, 0.6) is 11.5 Å². The number of likely N-dealkylation sites (N-methyl/N-ethyl adjacent to an activating group) is 1. The number of ether oxygens (including phenoxy) is 1. The molecular weight excluding hydrogens is 306 g/mol. The lowest BCUT2D eigenvalue weighted by molar-refractivity contribution is 0.0949. The predicted octanol–water partition coefficient (Wildman–Crippen LogP) is 2.34. The molecule has 0 bridgehead atoms. The minimum absolute atomic E-state index is 0.185. The zero-order chi connectivity index (χ0) is 17.1. The van der Waals surface area contributed by atoms with Gasteiger partial charge in [-0.15, -0.1) is 0 Å². The van der Waals surface area contributed by atoms with E-state index in [1.54, 1.807) is 36.4 Å². The lowest BCUT2D eigenvalue weighted by atomic mass is 10.1. The van der Waals surface area contributed by atoms with Crippen molar-refractivity contribution in [1.29, 1.82) is 0 Å². The number of nitrogens with one attached hydrogen (secondary N) is 2. The fourth-order valence-electron chi connectivity index (χ4n) is 2.40.